The molecule has 0 aliphatic carbocycles. The van der Waals surface area contributed by atoms with E-state index in [0.29, 0.717) is 43.5 Å². The molecule has 0 saturated heterocycles. The fraction of sp³-hybridized carbons (Fsp3) is 0.229. The highest BCUT2D eigenvalue weighted by Crippen LogP contribution is 2.37. The van der Waals surface area contributed by atoms with Gasteiger partial charge in [-0.25, -0.2) is 9.79 Å². The number of hydrogen-bond donors (Lipinski definition) is 0. The van der Waals surface area contributed by atoms with E-state index in [2.05, 4.69) is 39.6 Å². The maximum Gasteiger partial charge on any atom is 0.338 e. The number of aromatic nitrogens is 2. The molecular formula is C35H31BrClN3O4S. The maximum atomic E-state index is 14.4. The molecule has 0 bridgehead atoms. The molecule has 1 aliphatic heterocycles. The van der Waals surface area contributed by atoms with Crippen LogP contribution in [0.15, 0.2) is 92.3 Å². The molecule has 45 heavy (non-hydrogen) atoms. The maximum absolute atomic E-state index is 14.4. The van der Waals surface area contributed by atoms with Crippen molar-refractivity contribution in [3.05, 3.63) is 130 Å². The predicted molar refractivity (Wildman–Crippen MR) is 183 cm³/mol. The van der Waals surface area contributed by atoms with Gasteiger partial charge in [0.05, 0.1) is 29.0 Å². The Labute approximate surface area is 277 Å². The molecule has 3 aromatic carbocycles. The van der Waals surface area contributed by atoms with E-state index in [4.69, 9.17) is 26.1 Å². The van der Waals surface area contributed by atoms with Gasteiger partial charge in [0.25, 0.3) is 5.56 Å². The first-order valence-electron chi connectivity index (χ1n) is 14.5. The van der Waals surface area contributed by atoms with Gasteiger partial charge in [0.2, 0.25) is 0 Å². The topological polar surface area (TPSA) is 74.8 Å². The molecule has 0 spiro atoms. The van der Waals surface area contributed by atoms with Crippen LogP contribution in [-0.2, 0) is 16.1 Å². The van der Waals surface area contributed by atoms with Crippen LogP contribution in [0.5, 0.6) is 5.75 Å². The Bertz CT molecular complexity index is 2180. The number of carbonyl (C=O) groups is 1. The SMILES string of the molecule is COc1ccc(Br)cc1[C@@H]1C(C(=O)OC(C)C)=C(C)N=c2s/c(=C\c3c(C)n(Cc4ccc(Cl)cc4)c4ccccc34)c(=O)n21. The second-order valence-electron chi connectivity index (χ2n) is 11.2. The van der Waals surface area contributed by atoms with E-state index in [0.717, 1.165) is 32.2 Å². The molecule has 0 N–H and O–H groups in total. The molecule has 6 rings (SSSR count). The molecule has 0 radical (unpaired) electrons. The van der Waals surface area contributed by atoms with Crippen molar-refractivity contribution in [1.82, 2.24) is 9.13 Å². The van der Waals surface area contributed by atoms with Gasteiger partial charge in [-0.2, -0.15) is 0 Å². The number of carbonyl (C=O) groups excluding carboxylic acids is 1. The standard InChI is InChI=1S/C35H31BrClN3O4S/c1-19(2)44-34(42)31-20(3)38-35-40(32(31)27-16-23(36)12-15-29(27)43-5)33(41)30(45-35)17-26-21(4)39(28-9-7-6-8-25(26)28)18-22-10-13-24(37)14-11-22/h6-17,19,32H,18H2,1-5H3/b30-17-/t32-/m1/s1. The fourth-order valence-corrected chi connectivity index (χ4v) is 7.35. The van der Waals surface area contributed by atoms with Gasteiger partial charge in [0, 0.05) is 43.8 Å². The molecule has 5 aromatic rings. The average molecular weight is 705 g/mol. The lowest BCUT2D eigenvalue weighted by Gasteiger charge is -2.26. The Kier molecular flexibility index (Phi) is 8.61. The molecule has 1 aliphatic rings. The van der Waals surface area contributed by atoms with E-state index in [1.54, 1.807) is 32.4 Å². The number of ether oxygens (including phenoxy) is 2. The number of allylic oxidation sites excluding steroid dienone is 1. The van der Waals surface area contributed by atoms with Crippen LogP contribution >= 0.6 is 38.9 Å². The summed E-state index contributed by atoms with van der Waals surface area (Å²) in [4.78, 5) is 33.2. The lowest BCUT2D eigenvalue weighted by molar-refractivity contribution is -0.143. The van der Waals surface area contributed by atoms with Crippen LogP contribution in [0, 0.1) is 6.92 Å². The Hall–Kier alpha value is -3.92. The monoisotopic (exact) mass is 703 g/mol. The van der Waals surface area contributed by atoms with E-state index < -0.39 is 12.0 Å². The number of rotatable bonds is 7. The van der Waals surface area contributed by atoms with E-state index in [1.165, 1.54) is 11.3 Å². The minimum atomic E-state index is -0.797. The number of fused-ring (bicyclic) bond motifs is 2. The molecule has 0 unspecified atom stereocenters. The van der Waals surface area contributed by atoms with Crippen LogP contribution in [0.4, 0.5) is 0 Å². The van der Waals surface area contributed by atoms with Crippen LogP contribution in [0.3, 0.4) is 0 Å². The molecule has 0 saturated carbocycles. The van der Waals surface area contributed by atoms with Crippen LogP contribution in [-0.4, -0.2) is 28.3 Å². The zero-order valence-electron chi connectivity index (χ0n) is 25.4. The van der Waals surface area contributed by atoms with Gasteiger partial charge in [0.15, 0.2) is 4.80 Å². The van der Waals surface area contributed by atoms with Crippen molar-refractivity contribution < 1.29 is 14.3 Å². The zero-order chi connectivity index (χ0) is 32.0. The van der Waals surface area contributed by atoms with E-state index in [9.17, 15) is 9.59 Å². The van der Waals surface area contributed by atoms with E-state index in [1.807, 2.05) is 60.7 Å². The van der Waals surface area contributed by atoms with Gasteiger partial charge in [-0.1, -0.05) is 69.2 Å². The summed E-state index contributed by atoms with van der Waals surface area (Å²) in [6.07, 6.45) is 1.60. The number of nitrogens with zero attached hydrogens (tertiary/aromatic N) is 3. The Balaban J connectivity index is 1.57. The quantitative estimate of drug-likeness (QED) is 0.173. The number of thiazole rings is 1. The number of hydrogen-bond acceptors (Lipinski definition) is 6. The number of methoxy groups -OCH3 is 1. The first kappa shape index (κ1) is 31.1. The summed E-state index contributed by atoms with van der Waals surface area (Å²) in [6, 6.07) is 20.8. The summed E-state index contributed by atoms with van der Waals surface area (Å²) < 4.78 is 16.5. The second-order valence-corrected chi connectivity index (χ2v) is 13.5. The number of esters is 1. The van der Waals surface area contributed by atoms with Gasteiger partial charge >= 0.3 is 5.97 Å². The smallest absolute Gasteiger partial charge is 0.338 e. The zero-order valence-corrected chi connectivity index (χ0v) is 28.6. The number of para-hydroxylation sites is 1. The molecule has 7 nitrogen and oxygen atoms in total. The molecule has 2 aromatic heterocycles. The van der Waals surface area contributed by atoms with E-state index >= 15 is 0 Å². The molecule has 1 atom stereocenters. The Morgan fingerprint density at radius 1 is 1.11 bits per heavy atom. The summed E-state index contributed by atoms with van der Waals surface area (Å²) >= 11 is 11.0. The minimum absolute atomic E-state index is 0.248. The number of halogens is 2. The minimum Gasteiger partial charge on any atom is -0.496 e. The highest BCUT2D eigenvalue weighted by atomic mass is 79.9. The van der Waals surface area contributed by atoms with Gasteiger partial charge in [0.1, 0.15) is 11.8 Å². The number of benzene rings is 3. The van der Waals surface area contributed by atoms with Gasteiger partial charge < -0.3 is 14.0 Å². The molecule has 3 heterocycles. The lowest BCUT2D eigenvalue weighted by Crippen LogP contribution is -2.40. The van der Waals surface area contributed by atoms with Crippen LogP contribution in [0.1, 0.15) is 49.2 Å². The molecule has 10 heteroatoms. The third-order valence-electron chi connectivity index (χ3n) is 7.88. The summed E-state index contributed by atoms with van der Waals surface area (Å²) in [5.74, 6) is 0.0251. The van der Waals surface area contributed by atoms with Crippen molar-refractivity contribution >= 4 is 61.8 Å². The highest BCUT2D eigenvalue weighted by molar-refractivity contribution is 9.10. The molecular weight excluding hydrogens is 674 g/mol. The Morgan fingerprint density at radius 2 is 1.84 bits per heavy atom. The Morgan fingerprint density at radius 3 is 2.56 bits per heavy atom. The predicted octanol–water partition coefficient (Wildman–Crippen LogP) is 6.92. The van der Waals surface area contributed by atoms with Crippen LogP contribution in [0.25, 0.3) is 17.0 Å². The van der Waals surface area contributed by atoms with E-state index in [-0.39, 0.29) is 11.7 Å². The first-order valence-corrected chi connectivity index (χ1v) is 16.4. The van der Waals surface area contributed by atoms with Crippen molar-refractivity contribution in [2.24, 2.45) is 4.99 Å². The van der Waals surface area contributed by atoms with Crippen molar-refractivity contribution in [2.45, 2.75) is 46.4 Å². The molecule has 0 amide bonds. The van der Waals surface area contributed by atoms with Crippen LogP contribution < -0.4 is 19.6 Å². The van der Waals surface area contributed by atoms with Gasteiger partial charge in [-0.05, 0) is 75.7 Å². The summed E-state index contributed by atoms with van der Waals surface area (Å²) in [7, 11) is 1.57. The van der Waals surface area contributed by atoms with Crippen LogP contribution in [0.2, 0.25) is 5.02 Å². The third kappa shape index (κ3) is 5.80. The largest absolute Gasteiger partial charge is 0.496 e. The summed E-state index contributed by atoms with van der Waals surface area (Å²) in [6.45, 7) is 8.09. The molecule has 0 fully saturated rings. The molecule has 230 valence electrons. The third-order valence-corrected chi connectivity index (χ3v) is 9.61. The fourth-order valence-electron chi connectivity index (χ4n) is 5.82. The van der Waals surface area contributed by atoms with Gasteiger partial charge in [-0.3, -0.25) is 9.36 Å². The average Bonchev–Trinajstić information content (AvgIpc) is 3.45. The lowest BCUT2D eigenvalue weighted by atomic mass is 9.95. The highest BCUT2D eigenvalue weighted by Gasteiger charge is 2.35. The summed E-state index contributed by atoms with van der Waals surface area (Å²) in [5.41, 5.74) is 5.37. The second kappa shape index (κ2) is 12.5. The van der Waals surface area contributed by atoms with Crippen molar-refractivity contribution in [2.75, 3.05) is 7.11 Å². The van der Waals surface area contributed by atoms with Crippen molar-refractivity contribution in [3.8, 4) is 5.75 Å². The van der Waals surface area contributed by atoms with Gasteiger partial charge in [-0.15, -0.1) is 0 Å². The normalized spacial score (nSPS) is 15.0. The summed E-state index contributed by atoms with van der Waals surface area (Å²) in [5, 5.41) is 1.73. The van der Waals surface area contributed by atoms with Crippen molar-refractivity contribution in [1.29, 1.82) is 0 Å². The van der Waals surface area contributed by atoms with Crippen molar-refractivity contribution in [3.63, 3.8) is 0 Å². The first-order chi connectivity index (χ1) is 21.6.